The number of fused-ring (bicyclic) bond motifs is 1. The quantitative estimate of drug-likeness (QED) is 0.564. The highest BCUT2D eigenvalue weighted by Crippen LogP contribution is 2.35. The summed E-state index contributed by atoms with van der Waals surface area (Å²) >= 11 is 1.30. The summed E-state index contributed by atoms with van der Waals surface area (Å²) in [6.45, 7) is 5.32. The molecular formula is C22H23FN4O3S. The van der Waals surface area contributed by atoms with Gasteiger partial charge in [0.2, 0.25) is 5.91 Å². The minimum Gasteiger partial charge on any atom is -0.490 e. The lowest BCUT2D eigenvalue weighted by molar-refractivity contribution is -0.113. The molecule has 9 heteroatoms. The molecule has 1 aliphatic heterocycles. The zero-order chi connectivity index (χ0) is 21.8. The largest absolute Gasteiger partial charge is 0.490 e. The second-order valence-electron chi connectivity index (χ2n) is 7.33. The molecule has 0 radical (unpaired) electrons. The first-order chi connectivity index (χ1) is 15.0. The van der Waals surface area contributed by atoms with Gasteiger partial charge in [-0.25, -0.2) is 4.39 Å². The SMILES string of the molecule is CC(C)n1c(SCC(=O)Nc2ccc(F)cc2)nnc1-c1ccc2c(c1)OCCCO2. The van der Waals surface area contributed by atoms with Gasteiger partial charge in [-0.05, 0) is 56.3 Å². The molecule has 2 aromatic carbocycles. The molecule has 0 saturated heterocycles. The van der Waals surface area contributed by atoms with E-state index in [1.807, 2.05) is 36.6 Å². The highest BCUT2D eigenvalue weighted by atomic mass is 32.2. The summed E-state index contributed by atoms with van der Waals surface area (Å²) in [5.74, 6) is 1.73. The summed E-state index contributed by atoms with van der Waals surface area (Å²) in [5, 5.41) is 12.1. The third-order valence-corrected chi connectivity index (χ3v) is 5.59. The van der Waals surface area contributed by atoms with Gasteiger partial charge < -0.3 is 14.8 Å². The number of halogens is 1. The van der Waals surface area contributed by atoms with Crippen molar-refractivity contribution in [2.45, 2.75) is 31.5 Å². The summed E-state index contributed by atoms with van der Waals surface area (Å²) in [5.41, 5.74) is 1.42. The van der Waals surface area contributed by atoms with Crippen LogP contribution in [0.5, 0.6) is 11.5 Å². The first-order valence-corrected chi connectivity index (χ1v) is 11.0. The molecule has 162 valence electrons. The van der Waals surface area contributed by atoms with E-state index in [1.54, 1.807) is 0 Å². The molecule has 31 heavy (non-hydrogen) atoms. The van der Waals surface area contributed by atoms with Crippen LogP contribution >= 0.6 is 11.8 Å². The van der Waals surface area contributed by atoms with Crippen molar-refractivity contribution in [1.82, 2.24) is 14.8 Å². The van der Waals surface area contributed by atoms with Gasteiger partial charge in [-0.3, -0.25) is 9.36 Å². The molecule has 7 nitrogen and oxygen atoms in total. The van der Waals surface area contributed by atoms with Crippen LogP contribution < -0.4 is 14.8 Å². The van der Waals surface area contributed by atoms with Crippen molar-refractivity contribution in [2.24, 2.45) is 0 Å². The molecule has 1 amide bonds. The van der Waals surface area contributed by atoms with Gasteiger partial charge in [0.1, 0.15) is 5.82 Å². The van der Waals surface area contributed by atoms with E-state index in [-0.39, 0.29) is 23.5 Å². The van der Waals surface area contributed by atoms with E-state index >= 15 is 0 Å². The Kier molecular flexibility index (Phi) is 6.41. The smallest absolute Gasteiger partial charge is 0.234 e. The fourth-order valence-corrected chi connectivity index (χ4v) is 4.07. The average Bonchev–Trinajstić information content (AvgIpc) is 3.04. The highest BCUT2D eigenvalue weighted by molar-refractivity contribution is 7.99. The molecule has 0 bridgehead atoms. The Labute approximate surface area is 184 Å². The number of hydrogen-bond acceptors (Lipinski definition) is 6. The van der Waals surface area contributed by atoms with Crippen LogP contribution in [-0.4, -0.2) is 39.6 Å². The van der Waals surface area contributed by atoms with Gasteiger partial charge in [0, 0.05) is 23.7 Å². The van der Waals surface area contributed by atoms with Crippen molar-refractivity contribution in [3.8, 4) is 22.9 Å². The molecule has 0 atom stereocenters. The minimum absolute atomic E-state index is 0.0867. The predicted octanol–water partition coefficient (Wildman–Crippen LogP) is 4.56. The standard InChI is InChI=1S/C22H23FN4O3S/c1-14(2)27-21(15-4-9-18-19(12-15)30-11-3-10-29-18)25-26-22(27)31-13-20(28)24-17-7-5-16(23)6-8-17/h4-9,12,14H,3,10-11,13H2,1-2H3,(H,24,28). The van der Waals surface area contributed by atoms with Gasteiger partial charge in [-0.15, -0.1) is 10.2 Å². The van der Waals surface area contributed by atoms with Crippen LogP contribution in [0.1, 0.15) is 26.3 Å². The van der Waals surface area contributed by atoms with Crippen molar-refractivity contribution in [1.29, 1.82) is 0 Å². The lowest BCUT2D eigenvalue weighted by Gasteiger charge is -2.15. The number of thioether (sulfide) groups is 1. The van der Waals surface area contributed by atoms with Crippen LogP contribution in [-0.2, 0) is 4.79 Å². The number of carbonyl (C=O) groups is 1. The predicted molar refractivity (Wildman–Crippen MR) is 117 cm³/mol. The zero-order valence-corrected chi connectivity index (χ0v) is 18.1. The Bertz CT molecular complexity index is 1070. The van der Waals surface area contributed by atoms with Crippen LogP contribution in [0.3, 0.4) is 0 Å². The third-order valence-electron chi connectivity index (χ3n) is 4.65. The number of rotatable bonds is 6. The maximum Gasteiger partial charge on any atom is 0.234 e. The summed E-state index contributed by atoms with van der Waals surface area (Å²) < 4.78 is 26.5. The fraction of sp³-hybridized carbons (Fsp3) is 0.318. The number of amides is 1. The lowest BCUT2D eigenvalue weighted by Crippen LogP contribution is -2.15. The van der Waals surface area contributed by atoms with E-state index in [0.29, 0.717) is 35.6 Å². The number of hydrogen-bond donors (Lipinski definition) is 1. The maximum atomic E-state index is 13.0. The Morgan fingerprint density at radius 3 is 2.61 bits per heavy atom. The van der Waals surface area contributed by atoms with Crippen LogP contribution in [0.4, 0.5) is 10.1 Å². The average molecular weight is 443 g/mol. The number of benzene rings is 2. The van der Waals surface area contributed by atoms with E-state index in [9.17, 15) is 9.18 Å². The first kappa shape index (κ1) is 21.2. The first-order valence-electron chi connectivity index (χ1n) is 10.0. The lowest BCUT2D eigenvalue weighted by atomic mass is 10.2. The second-order valence-corrected chi connectivity index (χ2v) is 8.27. The summed E-state index contributed by atoms with van der Waals surface area (Å²) in [6.07, 6.45) is 0.840. The van der Waals surface area contributed by atoms with Gasteiger partial charge in [0.15, 0.2) is 22.5 Å². The van der Waals surface area contributed by atoms with E-state index in [1.165, 1.54) is 36.0 Å². The summed E-state index contributed by atoms with van der Waals surface area (Å²) in [7, 11) is 0. The Morgan fingerprint density at radius 2 is 1.87 bits per heavy atom. The molecule has 3 aromatic rings. The van der Waals surface area contributed by atoms with Gasteiger partial charge in [-0.2, -0.15) is 0 Å². The molecular weight excluding hydrogens is 419 g/mol. The van der Waals surface area contributed by atoms with Crippen LogP contribution in [0.25, 0.3) is 11.4 Å². The molecule has 0 unspecified atom stereocenters. The van der Waals surface area contributed by atoms with Crippen molar-refractivity contribution in [3.63, 3.8) is 0 Å². The number of nitrogens with zero attached hydrogens (tertiary/aromatic N) is 3. The van der Waals surface area contributed by atoms with Crippen molar-refractivity contribution < 1.29 is 18.7 Å². The summed E-state index contributed by atoms with van der Waals surface area (Å²) in [4.78, 5) is 12.3. The van der Waals surface area contributed by atoms with Gasteiger partial charge in [-0.1, -0.05) is 11.8 Å². The van der Waals surface area contributed by atoms with E-state index in [0.717, 1.165) is 17.7 Å². The molecule has 0 aliphatic carbocycles. The molecule has 1 aromatic heterocycles. The second kappa shape index (κ2) is 9.38. The van der Waals surface area contributed by atoms with E-state index in [2.05, 4.69) is 15.5 Å². The number of ether oxygens (including phenoxy) is 2. The molecule has 2 heterocycles. The van der Waals surface area contributed by atoms with E-state index < -0.39 is 0 Å². The van der Waals surface area contributed by atoms with Crippen molar-refractivity contribution in [3.05, 3.63) is 48.3 Å². The number of nitrogens with one attached hydrogen (secondary N) is 1. The van der Waals surface area contributed by atoms with Crippen LogP contribution in [0, 0.1) is 5.82 Å². The number of carbonyl (C=O) groups excluding carboxylic acids is 1. The Balaban J connectivity index is 1.50. The topological polar surface area (TPSA) is 78.3 Å². The van der Waals surface area contributed by atoms with Crippen LogP contribution in [0.15, 0.2) is 47.6 Å². The normalized spacial score (nSPS) is 13.2. The monoisotopic (exact) mass is 442 g/mol. The molecule has 4 rings (SSSR count). The fourth-order valence-electron chi connectivity index (χ4n) is 3.20. The Morgan fingerprint density at radius 1 is 1.13 bits per heavy atom. The maximum absolute atomic E-state index is 13.0. The molecule has 1 N–H and O–H groups in total. The Hall–Kier alpha value is -3.07. The van der Waals surface area contributed by atoms with Gasteiger partial charge >= 0.3 is 0 Å². The molecule has 1 aliphatic rings. The molecule has 0 spiro atoms. The van der Waals surface area contributed by atoms with Crippen LogP contribution in [0.2, 0.25) is 0 Å². The summed E-state index contributed by atoms with van der Waals surface area (Å²) in [6, 6.07) is 11.5. The van der Waals surface area contributed by atoms with Crippen molar-refractivity contribution >= 4 is 23.4 Å². The molecule has 0 saturated carbocycles. The zero-order valence-electron chi connectivity index (χ0n) is 17.3. The minimum atomic E-state index is -0.347. The van der Waals surface area contributed by atoms with Gasteiger partial charge in [0.05, 0.1) is 19.0 Å². The van der Waals surface area contributed by atoms with Crippen molar-refractivity contribution in [2.75, 3.05) is 24.3 Å². The van der Waals surface area contributed by atoms with E-state index in [4.69, 9.17) is 9.47 Å². The third kappa shape index (κ3) is 4.99. The number of aromatic nitrogens is 3. The molecule has 0 fully saturated rings. The number of anilines is 1. The van der Waals surface area contributed by atoms with Gasteiger partial charge in [0.25, 0.3) is 0 Å². The highest BCUT2D eigenvalue weighted by Gasteiger charge is 2.20.